The van der Waals surface area contributed by atoms with Crippen LogP contribution in [-0.4, -0.2) is 27.1 Å². The van der Waals surface area contributed by atoms with E-state index in [0.717, 1.165) is 10.5 Å². The van der Waals surface area contributed by atoms with Gasteiger partial charge in [0.05, 0.1) is 10.6 Å². The Bertz CT molecular complexity index is 869. The summed E-state index contributed by atoms with van der Waals surface area (Å²) >= 11 is 1.42. The molecule has 5 nitrogen and oxygen atoms in total. The first kappa shape index (κ1) is 20.4. The highest BCUT2D eigenvalue weighted by Gasteiger charge is 2.16. The SMILES string of the molecule is CSc1ccc(S(=O)(=O)NCCCc2ccc(F)cc2)cc1NC(C)=O. The largest absolute Gasteiger partial charge is 0.325 e. The van der Waals surface area contributed by atoms with Crippen molar-refractivity contribution in [2.45, 2.75) is 29.6 Å². The van der Waals surface area contributed by atoms with Gasteiger partial charge in [-0.3, -0.25) is 4.79 Å². The number of hydrogen-bond donors (Lipinski definition) is 2. The number of anilines is 1. The Morgan fingerprint density at radius 3 is 2.46 bits per heavy atom. The fourth-order valence-electron chi connectivity index (χ4n) is 2.38. The van der Waals surface area contributed by atoms with Crippen LogP contribution >= 0.6 is 11.8 Å². The molecule has 1 amide bonds. The molecule has 0 aliphatic carbocycles. The number of carbonyl (C=O) groups is 1. The van der Waals surface area contributed by atoms with E-state index in [0.29, 0.717) is 18.5 Å². The molecule has 0 saturated carbocycles. The van der Waals surface area contributed by atoms with Crippen molar-refractivity contribution in [1.82, 2.24) is 4.72 Å². The second-order valence-electron chi connectivity index (χ2n) is 5.67. The Kier molecular flexibility index (Phi) is 7.19. The summed E-state index contributed by atoms with van der Waals surface area (Å²) in [7, 11) is -3.68. The number of benzene rings is 2. The topological polar surface area (TPSA) is 75.3 Å². The van der Waals surface area contributed by atoms with Gasteiger partial charge >= 0.3 is 0 Å². The standard InChI is InChI=1S/C18H21FN2O3S2/c1-13(22)21-17-12-16(9-10-18(17)25-2)26(23,24)20-11-3-4-14-5-7-15(19)8-6-14/h5-10,12,20H,3-4,11H2,1-2H3,(H,21,22). The predicted molar refractivity (Wildman–Crippen MR) is 102 cm³/mol. The Hall–Kier alpha value is -1.90. The fourth-order valence-corrected chi connectivity index (χ4v) is 4.01. The molecule has 0 aliphatic heterocycles. The van der Waals surface area contributed by atoms with Gasteiger partial charge in [-0.2, -0.15) is 0 Å². The van der Waals surface area contributed by atoms with E-state index < -0.39 is 10.0 Å². The van der Waals surface area contributed by atoms with Gasteiger partial charge in [-0.05, 0) is 55.0 Å². The average molecular weight is 397 g/mol. The maximum Gasteiger partial charge on any atom is 0.240 e. The van der Waals surface area contributed by atoms with E-state index in [1.165, 1.54) is 43.0 Å². The van der Waals surface area contributed by atoms with E-state index in [1.807, 2.05) is 6.26 Å². The second-order valence-corrected chi connectivity index (χ2v) is 8.29. The van der Waals surface area contributed by atoms with Gasteiger partial charge < -0.3 is 5.32 Å². The first-order valence-corrected chi connectivity index (χ1v) is 10.7. The summed E-state index contributed by atoms with van der Waals surface area (Å²) in [5.74, 6) is -0.555. The van der Waals surface area contributed by atoms with Crippen molar-refractivity contribution < 1.29 is 17.6 Å². The number of aryl methyl sites for hydroxylation is 1. The highest BCUT2D eigenvalue weighted by atomic mass is 32.2. The summed E-state index contributed by atoms with van der Waals surface area (Å²) in [6, 6.07) is 10.8. The van der Waals surface area contributed by atoms with E-state index in [9.17, 15) is 17.6 Å². The molecule has 0 aromatic heterocycles. The summed E-state index contributed by atoms with van der Waals surface area (Å²) in [5.41, 5.74) is 1.42. The van der Waals surface area contributed by atoms with Crippen LogP contribution in [-0.2, 0) is 21.2 Å². The Morgan fingerprint density at radius 1 is 1.15 bits per heavy atom. The van der Waals surface area contributed by atoms with Crippen LogP contribution in [0.15, 0.2) is 52.3 Å². The molecule has 0 radical (unpaired) electrons. The highest BCUT2D eigenvalue weighted by Crippen LogP contribution is 2.28. The van der Waals surface area contributed by atoms with Crippen molar-refractivity contribution in [3.05, 3.63) is 53.8 Å². The van der Waals surface area contributed by atoms with Crippen molar-refractivity contribution in [3.8, 4) is 0 Å². The predicted octanol–water partition coefficient (Wildman–Crippen LogP) is 3.42. The fraction of sp³-hybridized carbons (Fsp3) is 0.278. The third-order valence-corrected chi connectivity index (χ3v) is 5.89. The minimum atomic E-state index is -3.68. The Balaban J connectivity index is 2.00. The van der Waals surface area contributed by atoms with Gasteiger partial charge in [0.15, 0.2) is 0 Å². The van der Waals surface area contributed by atoms with Crippen LogP contribution in [0.3, 0.4) is 0 Å². The minimum Gasteiger partial charge on any atom is -0.325 e. The molecular formula is C18H21FN2O3S2. The third-order valence-electron chi connectivity index (χ3n) is 3.64. The van der Waals surface area contributed by atoms with Crippen molar-refractivity contribution in [3.63, 3.8) is 0 Å². The van der Waals surface area contributed by atoms with Crippen molar-refractivity contribution >= 4 is 33.4 Å². The first-order chi connectivity index (χ1) is 12.3. The number of carbonyl (C=O) groups excluding carboxylic acids is 1. The molecule has 26 heavy (non-hydrogen) atoms. The molecule has 0 unspecified atom stereocenters. The maximum atomic E-state index is 12.9. The number of rotatable bonds is 8. The highest BCUT2D eigenvalue weighted by molar-refractivity contribution is 7.98. The van der Waals surface area contributed by atoms with Crippen LogP contribution in [0, 0.1) is 5.82 Å². The molecule has 2 rings (SSSR count). The van der Waals surface area contributed by atoms with Gasteiger partial charge in [0.1, 0.15) is 5.82 Å². The van der Waals surface area contributed by atoms with Gasteiger partial charge in [-0.1, -0.05) is 12.1 Å². The monoisotopic (exact) mass is 396 g/mol. The molecule has 0 saturated heterocycles. The van der Waals surface area contributed by atoms with Gasteiger partial charge in [-0.25, -0.2) is 17.5 Å². The smallest absolute Gasteiger partial charge is 0.240 e. The third kappa shape index (κ3) is 5.82. The van der Waals surface area contributed by atoms with Crippen LogP contribution in [0.25, 0.3) is 0 Å². The Morgan fingerprint density at radius 2 is 1.85 bits per heavy atom. The molecule has 0 atom stereocenters. The van der Waals surface area contributed by atoms with Gasteiger partial charge in [0.25, 0.3) is 0 Å². The summed E-state index contributed by atoms with van der Waals surface area (Å²) in [4.78, 5) is 12.2. The van der Waals surface area contributed by atoms with Gasteiger partial charge in [-0.15, -0.1) is 11.8 Å². The van der Waals surface area contributed by atoms with E-state index in [1.54, 1.807) is 18.2 Å². The molecular weight excluding hydrogens is 375 g/mol. The zero-order valence-corrected chi connectivity index (χ0v) is 16.2. The molecule has 0 fully saturated rings. The van der Waals surface area contributed by atoms with Gasteiger partial charge in [0.2, 0.25) is 15.9 Å². The van der Waals surface area contributed by atoms with Crippen molar-refractivity contribution in [2.75, 3.05) is 18.1 Å². The van der Waals surface area contributed by atoms with Crippen LogP contribution in [0.2, 0.25) is 0 Å². The number of thioether (sulfide) groups is 1. The zero-order valence-electron chi connectivity index (χ0n) is 14.6. The molecule has 0 aliphatic rings. The quantitative estimate of drug-likeness (QED) is 0.530. The minimum absolute atomic E-state index is 0.0980. The summed E-state index contributed by atoms with van der Waals surface area (Å²) < 4.78 is 40.3. The number of amides is 1. The van der Waals surface area contributed by atoms with Crippen molar-refractivity contribution in [1.29, 1.82) is 0 Å². The number of nitrogens with one attached hydrogen (secondary N) is 2. The van der Waals surface area contributed by atoms with Gasteiger partial charge in [0, 0.05) is 18.4 Å². The molecule has 0 spiro atoms. The lowest BCUT2D eigenvalue weighted by atomic mass is 10.1. The van der Waals surface area contributed by atoms with Crippen LogP contribution < -0.4 is 10.0 Å². The van der Waals surface area contributed by atoms with E-state index in [4.69, 9.17) is 0 Å². The molecule has 8 heteroatoms. The maximum absolute atomic E-state index is 12.9. The second kappa shape index (κ2) is 9.16. The normalized spacial score (nSPS) is 11.3. The number of hydrogen-bond acceptors (Lipinski definition) is 4. The lowest BCUT2D eigenvalue weighted by molar-refractivity contribution is -0.114. The molecule has 0 heterocycles. The summed E-state index contributed by atoms with van der Waals surface area (Å²) in [5, 5.41) is 2.65. The van der Waals surface area contributed by atoms with Crippen LogP contribution in [0.5, 0.6) is 0 Å². The van der Waals surface area contributed by atoms with E-state index in [2.05, 4.69) is 10.0 Å². The van der Waals surface area contributed by atoms with Crippen LogP contribution in [0.4, 0.5) is 10.1 Å². The summed E-state index contributed by atoms with van der Waals surface area (Å²) in [6.45, 7) is 1.64. The number of halogens is 1. The van der Waals surface area contributed by atoms with Crippen LogP contribution in [0.1, 0.15) is 18.9 Å². The number of sulfonamides is 1. The lowest BCUT2D eigenvalue weighted by Gasteiger charge is -2.12. The zero-order chi connectivity index (χ0) is 19.2. The lowest BCUT2D eigenvalue weighted by Crippen LogP contribution is -2.25. The van der Waals surface area contributed by atoms with Crippen molar-refractivity contribution in [2.24, 2.45) is 0 Å². The molecule has 2 aromatic carbocycles. The average Bonchev–Trinajstić information content (AvgIpc) is 2.59. The Labute approximate surface area is 157 Å². The molecule has 140 valence electrons. The first-order valence-electron chi connectivity index (χ1n) is 8.01. The molecule has 2 N–H and O–H groups in total. The van der Waals surface area contributed by atoms with E-state index in [-0.39, 0.29) is 23.2 Å². The van der Waals surface area contributed by atoms with E-state index >= 15 is 0 Å². The molecule has 0 bridgehead atoms. The molecule has 2 aromatic rings. The summed E-state index contributed by atoms with van der Waals surface area (Å²) in [6.07, 6.45) is 3.08.